The molecular weight excluding hydrogens is 282 g/mol. The lowest BCUT2D eigenvalue weighted by atomic mass is 10.2. The summed E-state index contributed by atoms with van der Waals surface area (Å²) in [6, 6.07) is 9.12. The van der Waals surface area contributed by atoms with Crippen LogP contribution in [0.1, 0.15) is 28.9 Å². The van der Waals surface area contributed by atoms with E-state index in [9.17, 15) is 14.7 Å². The second kappa shape index (κ2) is 5.81. The van der Waals surface area contributed by atoms with Crippen molar-refractivity contribution in [3.8, 4) is 5.69 Å². The van der Waals surface area contributed by atoms with E-state index in [1.807, 2.05) is 18.2 Å². The Morgan fingerprint density at radius 2 is 1.82 bits per heavy atom. The number of carboxylic acids is 1. The molecule has 22 heavy (non-hydrogen) atoms. The molecule has 0 saturated carbocycles. The first-order valence-electron chi connectivity index (χ1n) is 7.41. The van der Waals surface area contributed by atoms with Crippen molar-refractivity contribution in [1.29, 1.82) is 0 Å². The van der Waals surface area contributed by atoms with Gasteiger partial charge in [0, 0.05) is 13.6 Å². The Morgan fingerprint density at radius 3 is 2.41 bits per heavy atom. The molecule has 0 spiro atoms. The maximum absolute atomic E-state index is 12.6. The number of hydrogen-bond donors (Lipinski definition) is 1. The fourth-order valence-electron chi connectivity index (χ4n) is 3.06. The molecule has 1 fully saturated rings. The van der Waals surface area contributed by atoms with Crippen LogP contribution >= 0.6 is 0 Å². The second-order valence-corrected chi connectivity index (χ2v) is 5.59. The Morgan fingerprint density at radius 1 is 1.18 bits per heavy atom. The summed E-state index contributed by atoms with van der Waals surface area (Å²) in [5, 5.41) is 9.46. The lowest BCUT2D eigenvalue weighted by Gasteiger charge is -2.16. The molecule has 1 aliphatic rings. The maximum Gasteiger partial charge on any atom is 0.343 e. The van der Waals surface area contributed by atoms with Crippen molar-refractivity contribution in [2.75, 3.05) is 13.1 Å². The number of para-hydroxylation sites is 1. The smallest absolute Gasteiger partial charge is 0.343 e. The largest absolute Gasteiger partial charge is 0.477 e. The van der Waals surface area contributed by atoms with Gasteiger partial charge in [0.1, 0.15) is 5.56 Å². The fourth-order valence-corrected chi connectivity index (χ4v) is 3.06. The highest BCUT2D eigenvalue weighted by molar-refractivity contribution is 5.88. The van der Waals surface area contributed by atoms with E-state index < -0.39 is 11.5 Å². The Kier molecular flexibility index (Phi) is 3.85. The lowest BCUT2D eigenvalue weighted by molar-refractivity contribution is 0.0693. The molecule has 0 radical (unpaired) electrons. The number of carbonyl (C=O) groups is 1. The molecule has 0 atom stereocenters. The van der Waals surface area contributed by atoms with Gasteiger partial charge in [-0.25, -0.2) is 9.48 Å². The number of carboxylic acid groups (broad SMARTS) is 1. The van der Waals surface area contributed by atoms with Gasteiger partial charge in [-0.1, -0.05) is 18.2 Å². The molecule has 116 valence electrons. The monoisotopic (exact) mass is 301 g/mol. The predicted octanol–water partition coefficient (Wildman–Crippen LogP) is 1.47. The number of benzene rings is 1. The van der Waals surface area contributed by atoms with E-state index in [-0.39, 0.29) is 5.56 Å². The average Bonchev–Trinajstić information content (AvgIpc) is 3.08. The Labute approximate surface area is 128 Å². The molecule has 2 heterocycles. The van der Waals surface area contributed by atoms with Crippen LogP contribution in [0.2, 0.25) is 0 Å². The van der Waals surface area contributed by atoms with Gasteiger partial charge < -0.3 is 5.11 Å². The van der Waals surface area contributed by atoms with Gasteiger partial charge in [0.15, 0.2) is 0 Å². The molecule has 0 amide bonds. The van der Waals surface area contributed by atoms with Crippen LogP contribution in [0.4, 0.5) is 0 Å². The van der Waals surface area contributed by atoms with Gasteiger partial charge in [-0.15, -0.1) is 0 Å². The van der Waals surface area contributed by atoms with Crippen LogP contribution in [0.5, 0.6) is 0 Å². The zero-order chi connectivity index (χ0) is 15.7. The van der Waals surface area contributed by atoms with Gasteiger partial charge >= 0.3 is 5.97 Å². The Balaban J connectivity index is 2.12. The third-order valence-electron chi connectivity index (χ3n) is 4.17. The summed E-state index contributed by atoms with van der Waals surface area (Å²) in [4.78, 5) is 26.3. The van der Waals surface area contributed by atoms with Crippen molar-refractivity contribution >= 4 is 5.97 Å². The number of rotatable bonds is 4. The molecule has 0 bridgehead atoms. The minimum absolute atomic E-state index is 0.127. The third-order valence-corrected chi connectivity index (χ3v) is 4.17. The van der Waals surface area contributed by atoms with E-state index in [2.05, 4.69) is 4.90 Å². The quantitative estimate of drug-likeness (QED) is 0.928. The van der Waals surface area contributed by atoms with Gasteiger partial charge in [0.2, 0.25) is 0 Å². The van der Waals surface area contributed by atoms with Crippen molar-refractivity contribution < 1.29 is 9.90 Å². The molecule has 1 saturated heterocycles. The minimum Gasteiger partial charge on any atom is -0.477 e. The second-order valence-electron chi connectivity index (χ2n) is 5.59. The van der Waals surface area contributed by atoms with E-state index in [0.717, 1.165) is 25.9 Å². The first kappa shape index (κ1) is 14.6. The number of nitrogens with zero attached hydrogens (tertiary/aromatic N) is 3. The molecule has 6 heteroatoms. The van der Waals surface area contributed by atoms with E-state index in [0.29, 0.717) is 17.9 Å². The van der Waals surface area contributed by atoms with E-state index in [4.69, 9.17) is 0 Å². The summed E-state index contributed by atoms with van der Waals surface area (Å²) in [6.45, 7) is 2.39. The summed E-state index contributed by atoms with van der Waals surface area (Å²) >= 11 is 0. The van der Waals surface area contributed by atoms with Crippen molar-refractivity contribution in [1.82, 2.24) is 14.3 Å². The van der Waals surface area contributed by atoms with E-state index >= 15 is 0 Å². The molecule has 1 aliphatic heterocycles. The van der Waals surface area contributed by atoms with Crippen molar-refractivity contribution in [2.24, 2.45) is 7.05 Å². The number of aromatic carboxylic acids is 1. The molecule has 1 aromatic heterocycles. The van der Waals surface area contributed by atoms with Crippen LogP contribution in [0, 0.1) is 0 Å². The summed E-state index contributed by atoms with van der Waals surface area (Å²) in [7, 11) is 1.74. The van der Waals surface area contributed by atoms with Crippen molar-refractivity contribution in [3.05, 3.63) is 51.9 Å². The van der Waals surface area contributed by atoms with Crippen LogP contribution in [0.25, 0.3) is 5.69 Å². The first-order chi connectivity index (χ1) is 10.6. The third kappa shape index (κ3) is 2.46. The highest BCUT2D eigenvalue weighted by Crippen LogP contribution is 2.16. The summed E-state index contributed by atoms with van der Waals surface area (Å²) in [6.07, 6.45) is 2.24. The zero-order valence-corrected chi connectivity index (χ0v) is 12.5. The molecule has 0 aliphatic carbocycles. The summed E-state index contributed by atoms with van der Waals surface area (Å²) in [5.74, 6) is -1.16. The number of hydrogen-bond acceptors (Lipinski definition) is 3. The standard InChI is InChI=1S/C16H19N3O3/c1-17-13(11-18-9-5-6-10-18)14(16(21)22)15(20)19(17)12-7-3-2-4-8-12/h2-4,7-8H,5-6,9-11H2,1H3,(H,21,22). The summed E-state index contributed by atoms with van der Waals surface area (Å²) < 4.78 is 3.09. The molecule has 1 aromatic carbocycles. The number of aromatic nitrogens is 2. The van der Waals surface area contributed by atoms with Crippen LogP contribution in [0.15, 0.2) is 35.1 Å². The molecule has 0 unspecified atom stereocenters. The average molecular weight is 301 g/mol. The van der Waals surface area contributed by atoms with Gasteiger partial charge in [0.25, 0.3) is 5.56 Å². The molecular formula is C16H19N3O3. The molecule has 6 nitrogen and oxygen atoms in total. The molecule has 1 N–H and O–H groups in total. The van der Waals surface area contributed by atoms with Crippen molar-refractivity contribution in [3.63, 3.8) is 0 Å². The SMILES string of the molecule is Cn1c(CN2CCCC2)c(C(=O)O)c(=O)n1-c1ccccc1. The fraction of sp³-hybridized carbons (Fsp3) is 0.375. The van der Waals surface area contributed by atoms with Gasteiger partial charge in [0.05, 0.1) is 11.4 Å². The highest BCUT2D eigenvalue weighted by Gasteiger charge is 2.26. The van der Waals surface area contributed by atoms with Gasteiger partial charge in [-0.2, -0.15) is 0 Å². The van der Waals surface area contributed by atoms with Crippen LogP contribution < -0.4 is 5.56 Å². The maximum atomic E-state index is 12.6. The van der Waals surface area contributed by atoms with E-state index in [1.54, 1.807) is 23.9 Å². The number of likely N-dealkylation sites (tertiary alicyclic amines) is 1. The lowest BCUT2D eigenvalue weighted by Crippen LogP contribution is -2.22. The first-order valence-corrected chi connectivity index (χ1v) is 7.41. The van der Waals surface area contributed by atoms with Gasteiger partial charge in [-0.05, 0) is 38.1 Å². The minimum atomic E-state index is -1.16. The summed E-state index contributed by atoms with van der Waals surface area (Å²) in [5.41, 5.74) is 0.627. The van der Waals surface area contributed by atoms with Crippen molar-refractivity contribution in [2.45, 2.75) is 19.4 Å². The topological polar surface area (TPSA) is 67.5 Å². The Bertz CT molecular complexity index is 740. The van der Waals surface area contributed by atoms with Crippen LogP contribution in [-0.2, 0) is 13.6 Å². The van der Waals surface area contributed by atoms with E-state index in [1.165, 1.54) is 4.68 Å². The van der Waals surface area contributed by atoms with Crippen LogP contribution in [0.3, 0.4) is 0 Å². The predicted molar refractivity (Wildman–Crippen MR) is 82.5 cm³/mol. The Hall–Kier alpha value is -2.34. The zero-order valence-electron chi connectivity index (χ0n) is 12.5. The highest BCUT2D eigenvalue weighted by atomic mass is 16.4. The molecule has 2 aromatic rings. The van der Waals surface area contributed by atoms with Gasteiger partial charge in [-0.3, -0.25) is 14.4 Å². The van der Waals surface area contributed by atoms with Crippen LogP contribution in [-0.4, -0.2) is 38.4 Å². The molecule has 3 rings (SSSR count). The normalized spacial score (nSPS) is 15.3.